The van der Waals surface area contributed by atoms with Crippen molar-refractivity contribution in [2.75, 3.05) is 0 Å². The first-order valence-corrected chi connectivity index (χ1v) is 9.90. The molecule has 0 unspecified atom stereocenters. The van der Waals surface area contributed by atoms with Crippen molar-refractivity contribution in [2.45, 2.75) is 33.9 Å². The van der Waals surface area contributed by atoms with Gasteiger partial charge in [0.1, 0.15) is 6.54 Å². The van der Waals surface area contributed by atoms with Crippen molar-refractivity contribution in [3.63, 3.8) is 0 Å². The van der Waals surface area contributed by atoms with Gasteiger partial charge in [-0.25, -0.2) is 0 Å². The van der Waals surface area contributed by atoms with Crippen LogP contribution in [0.2, 0.25) is 0 Å². The molecule has 0 saturated heterocycles. The average Bonchev–Trinajstić information content (AvgIpc) is 3.34. The standard InChI is InChI=1S/C24H24N4O2/c1-16-9-7-8-12-20(16)14-25-22(29)15-28-17(2)13-21(18(28)3)24-27-26-23(30-24)19-10-5-4-6-11-19/h4-13H,14-15H2,1-3H3,(H,25,29). The molecule has 2 aromatic heterocycles. The molecular formula is C24H24N4O2. The van der Waals surface area contributed by atoms with Crippen LogP contribution in [0.25, 0.3) is 22.9 Å². The highest BCUT2D eigenvalue weighted by molar-refractivity contribution is 5.76. The zero-order valence-electron chi connectivity index (χ0n) is 17.3. The van der Waals surface area contributed by atoms with E-state index in [1.165, 1.54) is 5.56 Å². The SMILES string of the molecule is Cc1ccccc1CNC(=O)Cn1c(C)cc(-c2nnc(-c3ccccc3)o2)c1C. The van der Waals surface area contributed by atoms with Crippen LogP contribution in [0.1, 0.15) is 22.5 Å². The number of nitrogens with one attached hydrogen (secondary N) is 1. The number of aromatic nitrogens is 3. The Morgan fingerprint density at radius 1 is 0.967 bits per heavy atom. The number of carbonyl (C=O) groups is 1. The van der Waals surface area contributed by atoms with Gasteiger partial charge in [-0.1, -0.05) is 42.5 Å². The second-order valence-corrected chi connectivity index (χ2v) is 7.35. The minimum Gasteiger partial charge on any atom is -0.416 e. The van der Waals surface area contributed by atoms with Gasteiger partial charge in [0, 0.05) is 23.5 Å². The second kappa shape index (κ2) is 8.37. The fourth-order valence-corrected chi connectivity index (χ4v) is 3.49. The van der Waals surface area contributed by atoms with Crippen molar-refractivity contribution in [2.24, 2.45) is 0 Å². The summed E-state index contributed by atoms with van der Waals surface area (Å²) in [7, 11) is 0. The summed E-state index contributed by atoms with van der Waals surface area (Å²) in [6, 6.07) is 19.7. The van der Waals surface area contributed by atoms with Crippen molar-refractivity contribution in [1.29, 1.82) is 0 Å². The van der Waals surface area contributed by atoms with Crippen molar-refractivity contribution < 1.29 is 9.21 Å². The minimum absolute atomic E-state index is 0.0397. The van der Waals surface area contributed by atoms with Gasteiger partial charge in [-0.05, 0) is 50.1 Å². The zero-order chi connectivity index (χ0) is 21.1. The van der Waals surface area contributed by atoms with Crippen LogP contribution in [0, 0.1) is 20.8 Å². The Balaban J connectivity index is 1.49. The summed E-state index contributed by atoms with van der Waals surface area (Å²) in [5.41, 5.74) is 5.88. The highest BCUT2D eigenvalue weighted by atomic mass is 16.4. The Kier molecular flexibility index (Phi) is 5.48. The maximum atomic E-state index is 12.6. The molecular weight excluding hydrogens is 376 g/mol. The lowest BCUT2D eigenvalue weighted by atomic mass is 10.1. The van der Waals surface area contributed by atoms with E-state index in [9.17, 15) is 4.79 Å². The number of hydrogen-bond acceptors (Lipinski definition) is 4. The van der Waals surface area contributed by atoms with Crippen LogP contribution in [0.5, 0.6) is 0 Å². The molecule has 4 aromatic rings. The number of benzene rings is 2. The fourth-order valence-electron chi connectivity index (χ4n) is 3.49. The predicted octanol–water partition coefficient (Wildman–Crippen LogP) is 4.45. The van der Waals surface area contributed by atoms with E-state index in [1.54, 1.807) is 0 Å². The lowest BCUT2D eigenvalue weighted by Crippen LogP contribution is -2.28. The third kappa shape index (κ3) is 4.03. The summed E-state index contributed by atoms with van der Waals surface area (Å²) in [6.45, 7) is 6.73. The molecule has 4 rings (SSSR count). The summed E-state index contributed by atoms with van der Waals surface area (Å²) < 4.78 is 7.86. The first-order valence-electron chi connectivity index (χ1n) is 9.90. The lowest BCUT2D eigenvalue weighted by molar-refractivity contribution is -0.121. The van der Waals surface area contributed by atoms with Crippen LogP contribution in [-0.2, 0) is 17.9 Å². The summed E-state index contributed by atoms with van der Waals surface area (Å²) >= 11 is 0. The quantitative estimate of drug-likeness (QED) is 0.519. The average molecular weight is 400 g/mol. The van der Waals surface area contributed by atoms with Crippen molar-refractivity contribution >= 4 is 5.91 Å². The normalized spacial score (nSPS) is 10.9. The Bertz CT molecular complexity index is 1180. The summed E-state index contributed by atoms with van der Waals surface area (Å²) in [5.74, 6) is 0.891. The fraction of sp³-hybridized carbons (Fsp3) is 0.208. The van der Waals surface area contributed by atoms with E-state index in [2.05, 4.69) is 15.5 Å². The summed E-state index contributed by atoms with van der Waals surface area (Å²) in [6.07, 6.45) is 0. The molecule has 0 radical (unpaired) electrons. The number of aryl methyl sites for hydroxylation is 2. The molecule has 6 nitrogen and oxygen atoms in total. The van der Waals surface area contributed by atoms with E-state index < -0.39 is 0 Å². The molecule has 152 valence electrons. The van der Waals surface area contributed by atoms with Gasteiger partial charge in [-0.3, -0.25) is 4.79 Å². The first kappa shape index (κ1) is 19.6. The summed E-state index contributed by atoms with van der Waals surface area (Å²) in [4.78, 5) is 12.6. The van der Waals surface area contributed by atoms with Crippen LogP contribution >= 0.6 is 0 Å². The van der Waals surface area contributed by atoms with Gasteiger partial charge in [0.15, 0.2) is 0 Å². The van der Waals surface area contributed by atoms with Gasteiger partial charge >= 0.3 is 0 Å². The van der Waals surface area contributed by atoms with Crippen LogP contribution in [0.4, 0.5) is 0 Å². The van der Waals surface area contributed by atoms with Crippen LogP contribution in [0.15, 0.2) is 65.1 Å². The van der Waals surface area contributed by atoms with Gasteiger partial charge in [-0.2, -0.15) is 0 Å². The Hall–Kier alpha value is -3.67. The monoisotopic (exact) mass is 400 g/mol. The molecule has 6 heteroatoms. The largest absolute Gasteiger partial charge is 0.416 e. The highest BCUT2D eigenvalue weighted by Crippen LogP contribution is 2.28. The Morgan fingerprint density at radius 3 is 2.43 bits per heavy atom. The van der Waals surface area contributed by atoms with E-state index in [0.29, 0.717) is 18.3 Å². The molecule has 1 N–H and O–H groups in total. The van der Waals surface area contributed by atoms with Gasteiger partial charge < -0.3 is 14.3 Å². The van der Waals surface area contributed by atoms with E-state index in [4.69, 9.17) is 4.42 Å². The molecule has 30 heavy (non-hydrogen) atoms. The first-order chi connectivity index (χ1) is 14.5. The molecule has 0 aliphatic carbocycles. The molecule has 0 aliphatic heterocycles. The highest BCUT2D eigenvalue weighted by Gasteiger charge is 2.18. The van der Waals surface area contributed by atoms with Gasteiger partial charge in [0.2, 0.25) is 17.7 Å². The number of carbonyl (C=O) groups excluding carboxylic acids is 1. The van der Waals surface area contributed by atoms with Gasteiger partial charge in [0.25, 0.3) is 0 Å². The lowest BCUT2D eigenvalue weighted by Gasteiger charge is -2.11. The molecule has 0 saturated carbocycles. The molecule has 0 atom stereocenters. The molecule has 1 amide bonds. The Labute approximate surface area is 175 Å². The number of amides is 1. The van der Waals surface area contributed by atoms with E-state index >= 15 is 0 Å². The van der Waals surface area contributed by atoms with E-state index in [1.807, 2.05) is 86.0 Å². The Morgan fingerprint density at radius 2 is 1.67 bits per heavy atom. The van der Waals surface area contributed by atoms with Gasteiger partial charge in [0.05, 0.1) is 5.56 Å². The maximum absolute atomic E-state index is 12.6. The van der Waals surface area contributed by atoms with Crippen LogP contribution < -0.4 is 5.32 Å². The number of nitrogens with zero attached hydrogens (tertiary/aromatic N) is 3. The van der Waals surface area contributed by atoms with E-state index in [-0.39, 0.29) is 12.5 Å². The third-order valence-corrected chi connectivity index (χ3v) is 5.29. The van der Waals surface area contributed by atoms with Crippen LogP contribution in [-0.4, -0.2) is 20.7 Å². The van der Waals surface area contributed by atoms with Gasteiger partial charge in [-0.15, -0.1) is 10.2 Å². The topological polar surface area (TPSA) is 73.0 Å². The van der Waals surface area contributed by atoms with Crippen molar-refractivity contribution in [3.05, 3.63) is 83.2 Å². The van der Waals surface area contributed by atoms with Crippen LogP contribution in [0.3, 0.4) is 0 Å². The molecule has 0 fully saturated rings. The second-order valence-electron chi connectivity index (χ2n) is 7.35. The van der Waals surface area contributed by atoms with Crippen molar-refractivity contribution in [3.8, 4) is 22.9 Å². The third-order valence-electron chi connectivity index (χ3n) is 5.29. The smallest absolute Gasteiger partial charge is 0.249 e. The predicted molar refractivity (Wildman–Crippen MR) is 116 cm³/mol. The molecule has 2 heterocycles. The molecule has 0 spiro atoms. The molecule has 2 aromatic carbocycles. The molecule has 0 bridgehead atoms. The van der Waals surface area contributed by atoms with E-state index in [0.717, 1.165) is 28.1 Å². The zero-order valence-corrected chi connectivity index (χ0v) is 17.3. The summed E-state index contributed by atoms with van der Waals surface area (Å²) in [5, 5.41) is 11.4. The number of hydrogen-bond donors (Lipinski definition) is 1. The molecule has 0 aliphatic rings. The minimum atomic E-state index is -0.0397. The maximum Gasteiger partial charge on any atom is 0.249 e. The van der Waals surface area contributed by atoms with Crippen molar-refractivity contribution in [1.82, 2.24) is 20.1 Å². The number of rotatable bonds is 6.